The molecule has 1 heterocycles. The Morgan fingerprint density at radius 1 is 1.54 bits per heavy atom. The van der Waals surface area contributed by atoms with E-state index in [2.05, 4.69) is 20.8 Å². The van der Waals surface area contributed by atoms with Crippen LogP contribution in [0.3, 0.4) is 0 Å². The third-order valence-electron chi connectivity index (χ3n) is 2.37. The van der Waals surface area contributed by atoms with Gasteiger partial charge in [0.05, 0.1) is 5.92 Å². The van der Waals surface area contributed by atoms with E-state index in [0.29, 0.717) is 5.92 Å². The van der Waals surface area contributed by atoms with Gasteiger partial charge in [-0.25, -0.2) is 0 Å². The third kappa shape index (κ3) is 3.55. The summed E-state index contributed by atoms with van der Waals surface area (Å²) in [5.74, 6) is 0.795. The summed E-state index contributed by atoms with van der Waals surface area (Å²) in [5, 5.41) is 0. The molecule has 0 aromatic heterocycles. The largest absolute Gasteiger partial charge is 0.462 e. The number of halogens is 1. The van der Waals surface area contributed by atoms with Crippen LogP contribution in [0.15, 0.2) is 0 Å². The number of carbonyl (C=O) groups is 1. The molecule has 78 valence electrons. The zero-order valence-corrected chi connectivity index (χ0v) is 9.39. The second-order valence-corrected chi connectivity index (χ2v) is 4.03. The Balaban J connectivity index is 0.00000144. The number of hydrogen-bond acceptors (Lipinski definition) is 2. The number of cyclic esters (lactones) is 1. The van der Waals surface area contributed by atoms with E-state index in [1.165, 1.54) is 0 Å². The Labute approximate surface area is 86.4 Å². The number of rotatable bonds is 3. The van der Waals surface area contributed by atoms with Gasteiger partial charge in [-0.1, -0.05) is 20.8 Å². The summed E-state index contributed by atoms with van der Waals surface area (Å²) in [7, 11) is 0. The lowest BCUT2D eigenvalue weighted by molar-refractivity contribution is -0.144. The van der Waals surface area contributed by atoms with Crippen molar-refractivity contribution >= 4 is 18.4 Å². The van der Waals surface area contributed by atoms with Gasteiger partial charge in [-0.3, -0.25) is 4.79 Å². The van der Waals surface area contributed by atoms with Gasteiger partial charge in [0.15, 0.2) is 0 Å². The molecule has 1 aliphatic rings. The van der Waals surface area contributed by atoms with Crippen LogP contribution in [0.5, 0.6) is 0 Å². The Morgan fingerprint density at radius 3 is 2.54 bits per heavy atom. The number of carbonyl (C=O) groups excluding carboxylic acids is 1. The van der Waals surface area contributed by atoms with Gasteiger partial charge < -0.3 is 4.74 Å². The van der Waals surface area contributed by atoms with Gasteiger partial charge in [-0.15, -0.1) is 12.4 Å². The topological polar surface area (TPSA) is 26.3 Å². The molecule has 0 amide bonds. The molecule has 13 heavy (non-hydrogen) atoms. The van der Waals surface area contributed by atoms with Gasteiger partial charge in [-0.05, 0) is 25.2 Å². The molecule has 0 aliphatic carbocycles. The first kappa shape index (κ1) is 12.8. The molecule has 1 rings (SSSR count). The van der Waals surface area contributed by atoms with Gasteiger partial charge in [0, 0.05) is 0 Å². The first-order valence-electron chi connectivity index (χ1n) is 4.84. The summed E-state index contributed by atoms with van der Waals surface area (Å²) in [5.41, 5.74) is 0. The van der Waals surface area contributed by atoms with Crippen molar-refractivity contribution < 1.29 is 9.53 Å². The van der Waals surface area contributed by atoms with Crippen molar-refractivity contribution in [2.45, 2.75) is 46.1 Å². The van der Waals surface area contributed by atoms with E-state index in [0.717, 1.165) is 19.3 Å². The Morgan fingerprint density at radius 2 is 2.15 bits per heavy atom. The lowest BCUT2D eigenvalue weighted by atomic mass is 9.94. The highest BCUT2D eigenvalue weighted by Crippen LogP contribution is 2.28. The van der Waals surface area contributed by atoms with Crippen LogP contribution in [0, 0.1) is 11.8 Å². The Kier molecular flexibility index (Phi) is 5.38. The summed E-state index contributed by atoms with van der Waals surface area (Å²) < 4.78 is 5.19. The highest BCUT2D eigenvalue weighted by atomic mass is 35.5. The molecule has 0 aromatic carbocycles. The SMILES string of the molecule is CCC1CC(CC(C)C)C(=O)O1.Cl. The van der Waals surface area contributed by atoms with Crippen molar-refractivity contribution in [2.75, 3.05) is 0 Å². The standard InChI is InChI=1S/C10H18O2.ClH/c1-4-9-6-8(5-7(2)3)10(11)12-9;/h7-9H,4-6H2,1-3H3;1H. The van der Waals surface area contributed by atoms with E-state index in [1.807, 2.05) is 0 Å². The quantitative estimate of drug-likeness (QED) is 0.664. The van der Waals surface area contributed by atoms with Crippen molar-refractivity contribution in [3.63, 3.8) is 0 Å². The first-order valence-corrected chi connectivity index (χ1v) is 4.84. The molecule has 0 spiro atoms. The fourth-order valence-corrected chi connectivity index (χ4v) is 1.73. The minimum absolute atomic E-state index is 0. The van der Waals surface area contributed by atoms with E-state index in [-0.39, 0.29) is 30.4 Å². The van der Waals surface area contributed by atoms with Gasteiger partial charge in [0.25, 0.3) is 0 Å². The van der Waals surface area contributed by atoms with E-state index in [9.17, 15) is 4.79 Å². The zero-order chi connectivity index (χ0) is 9.14. The molecule has 1 aliphatic heterocycles. The maximum Gasteiger partial charge on any atom is 0.309 e. The normalized spacial score (nSPS) is 27.2. The average molecular weight is 207 g/mol. The lowest BCUT2D eigenvalue weighted by Gasteiger charge is -2.07. The van der Waals surface area contributed by atoms with E-state index in [1.54, 1.807) is 0 Å². The zero-order valence-electron chi connectivity index (χ0n) is 8.58. The van der Waals surface area contributed by atoms with Crippen LogP contribution in [0.4, 0.5) is 0 Å². The molecule has 3 heteroatoms. The molecule has 0 bridgehead atoms. The first-order chi connectivity index (χ1) is 5.63. The van der Waals surface area contributed by atoms with Crippen molar-refractivity contribution in [1.82, 2.24) is 0 Å². The maximum atomic E-state index is 11.3. The van der Waals surface area contributed by atoms with Crippen LogP contribution in [-0.2, 0) is 9.53 Å². The fourth-order valence-electron chi connectivity index (χ4n) is 1.73. The molecule has 2 unspecified atom stereocenters. The fraction of sp³-hybridized carbons (Fsp3) is 0.900. The Hall–Kier alpha value is -0.240. The van der Waals surface area contributed by atoms with Crippen LogP contribution in [-0.4, -0.2) is 12.1 Å². The predicted molar refractivity (Wildman–Crippen MR) is 55.0 cm³/mol. The van der Waals surface area contributed by atoms with E-state index >= 15 is 0 Å². The van der Waals surface area contributed by atoms with Crippen LogP contribution in [0.1, 0.15) is 40.0 Å². The van der Waals surface area contributed by atoms with E-state index < -0.39 is 0 Å². The van der Waals surface area contributed by atoms with Crippen LogP contribution < -0.4 is 0 Å². The summed E-state index contributed by atoms with van der Waals surface area (Å²) in [6, 6.07) is 0. The second-order valence-electron chi connectivity index (χ2n) is 4.03. The lowest BCUT2D eigenvalue weighted by Crippen LogP contribution is -2.09. The van der Waals surface area contributed by atoms with Crippen LogP contribution in [0.2, 0.25) is 0 Å². The van der Waals surface area contributed by atoms with Gasteiger partial charge in [-0.2, -0.15) is 0 Å². The molecular formula is C10H19ClO2. The number of ether oxygens (including phenoxy) is 1. The van der Waals surface area contributed by atoms with Crippen molar-refractivity contribution in [2.24, 2.45) is 11.8 Å². The molecule has 1 saturated heterocycles. The van der Waals surface area contributed by atoms with E-state index in [4.69, 9.17) is 4.74 Å². The molecule has 0 N–H and O–H groups in total. The van der Waals surface area contributed by atoms with Gasteiger partial charge in [0.1, 0.15) is 6.10 Å². The predicted octanol–water partition coefficient (Wildman–Crippen LogP) is 2.80. The summed E-state index contributed by atoms with van der Waals surface area (Å²) in [6.45, 7) is 6.36. The summed E-state index contributed by atoms with van der Waals surface area (Å²) in [4.78, 5) is 11.3. The molecular weight excluding hydrogens is 188 g/mol. The summed E-state index contributed by atoms with van der Waals surface area (Å²) >= 11 is 0. The highest BCUT2D eigenvalue weighted by molar-refractivity contribution is 5.85. The summed E-state index contributed by atoms with van der Waals surface area (Å²) in [6.07, 6.45) is 3.07. The minimum Gasteiger partial charge on any atom is -0.462 e. The Bertz CT molecular complexity index is 168. The molecule has 2 atom stereocenters. The van der Waals surface area contributed by atoms with Crippen molar-refractivity contribution in [3.05, 3.63) is 0 Å². The van der Waals surface area contributed by atoms with Crippen LogP contribution >= 0.6 is 12.4 Å². The molecule has 1 fully saturated rings. The smallest absolute Gasteiger partial charge is 0.309 e. The number of esters is 1. The van der Waals surface area contributed by atoms with Crippen LogP contribution in [0.25, 0.3) is 0 Å². The van der Waals surface area contributed by atoms with Gasteiger partial charge in [0.2, 0.25) is 0 Å². The molecule has 0 aromatic rings. The highest BCUT2D eigenvalue weighted by Gasteiger charge is 2.33. The average Bonchev–Trinajstić information content (AvgIpc) is 2.31. The molecule has 2 nitrogen and oxygen atoms in total. The number of hydrogen-bond donors (Lipinski definition) is 0. The van der Waals surface area contributed by atoms with Crippen molar-refractivity contribution in [1.29, 1.82) is 0 Å². The maximum absolute atomic E-state index is 11.3. The minimum atomic E-state index is 0. The second kappa shape index (κ2) is 5.48. The van der Waals surface area contributed by atoms with Crippen molar-refractivity contribution in [3.8, 4) is 0 Å². The third-order valence-corrected chi connectivity index (χ3v) is 2.37. The van der Waals surface area contributed by atoms with Gasteiger partial charge >= 0.3 is 5.97 Å². The molecule has 0 radical (unpaired) electrons. The monoisotopic (exact) mass is 206 g/mol. The molecule has 0 saturated carbocycles.